The fourth-order valence-electron chi connectivity index (χ4n) is 2.20. The van der Waals surface area contributed by atoms with E-state index in [1.807, 2.05) is 63.2 Å². The van der Waals surface area contributed by atoms with E-state index in [0.29, 0.717) is 5.56 Å². The molecule has 0 aliphatic rings. The van der Waals surface area contributed by atoms with Gasteiger partial charge in [0.1, 0.15) is 6.04 Å². The third kappa shape index (κ3) is 4.84. The van der Waals surface area contributed by atoms with Crippen molar-refractivity contribution in [1.29, 1.82) is 0 Å². The molecule has 24 heavy (non-hydrogen) atoms. The van der Waals surface area contributed by atoms with Crippen LogP contribution in [0.15, 0.2) is 54.6 Å². The van der Waals surface area contributed by atoms with Crippen molar-refractivity contribution in [2.45, 2.75) is 26.8 Å². The van der Waals surface area contributed by atoms with Gasteiger partial charge in [-0.2, -0.15) is 0 Å². The molecule has 0 saturated carbocycles. The van der Waals surface area contributed by atoms with E-state index in [0.717, 1.165) is 11.3 Å². The van der Waals surface area contributed by atoms with E-state index in [1.54, 1.807) is 12.1 Å². The Labute approximate surface area is 142 Å². The first-order chi connectivity index (χ1) is 11.5. The Morgan fingerprint density at radius 3 is 2.12 bits per heavy atom. The molecule has 2 rings (SSSR count). The van der Waals surface area contributed by atoms with Crippen molar-refractivity contribution in [2.24, 2.45) is 5.92 Å². The van der Waals surface area contributed by atoms with Gasteiger partial charge in [0, 0.05) is 5.56 Å². The van der Waals surface area contributed by atoms with Crippen LogP contribution in [0.5, 0.6) is 0 Å². The molecular formula is C19H23N3O2. The zero-order valence-electron chi connectivity index (χ0n) is 14.2. The summed E-state index contributed by atoms with van der Waals surface area (Å²) in [4.78, 5) is 24.7. The van der Waals surface area contributed by atoms with E-state index >= 15 is 0 Å². The number of anilines is 1. The predicted octanol–water partition coefficient (Wildman–Crippen LogP) is 2.89. The van der Waals surface area contributed by atoms with Crippen molar-refractivity contribution < 1.29 is 9.59 Å². The number of hydrogen-bond acceptors (Lipinski definition) is 3. The van der Waals surface area contributed by atoms with Gasteiger partial charge < -0.3 is 5.32 Å². The molecule has 0 aromatic heterocycles. The summed E-state index contributed by atoms with van der Waals surface area (Å²) in [5.74, 6) is -0.588. The Morgan fingerprint density at radius 1 is 0.917 bits per heavy atom. The van der Waals surface area contributed by atoms with Gasteiger partial charge in [0.15, 0.2) is 0 Å². The molecule has 0 heterocycles. The molecular weight excluding hydrogens is 302 g/mol. The highest BCUT2D eigenvalue weighted by Gasteiger charge is 2.24. The second-order valence-corrected chi connectivity index (χ2v) is 6.04. The summed E-state index contributed by atoms with van der Waals surface area (Å²) < 4.78 is 0. The van der Waals surface area contributed by atoms with Crippen LogP contribution in [0.4, 0.5) is 5.69 Å². The molecule has 1 atom stereocenters. The third-order valence-electron chi connectivity index (χ3n) is 3.65. The molecule has 3 N–H and O–H groups in total. The molecule has 126 valence electrons. The summed E-state index contributed by atoms with van der Waals surface area (Å²) in [6, 6.07) is 15.9. The summed E-state index contributed by atoms with van der Waals surface area (Å²) in [6.45, 7) is 5.74. The molecule has 2 amide bonds. The molecule has 5 heteroatoms. The van der Waals surface area contributed by atoms with Gasteiger partial charge in [-0.05, 0) is 37.1 Å². The lowest BCUT2D eigenvalue weighted by Crippen LogP contribution is -2.51. The van der Waals surface area contributed by atoms with Crippen LogP contribution in [0.25, 0.3) is 0 Å². The van der Waals surface area contributed by atoms with E-state index in [9.17, 15) is 9.59 Å². The number of carbonyl (C=O) groups excluding carboxylic acids is 2. The van der Waals surface area contributed by atoms with E-state index in [4.69, 9.17) is 0 Å². The molecule has 2 aromatic rings. The van der Waals surface area contributed by atoms with Crippen molar-refractivity contribution in [2.75, 3.05) is 5.43 Å². The highest BCUT2D eigenvalue weighted by molar-refractivity contribution is 5.97. The average molecular weight is 325 g/mol. The fourth-order valence-corrected chi connectivity index (χ4v) is 2.20. The Kier molecular flexibility index (Phi) is 5.95. The first-order valence-corrected chi connectivity index (χ1v) is 7.96. The molecule has 0 aliphatic carbocycles. The Balaban J connectivity index is 1.99. The minimum absolute atomic E-state index is 0.0445. The van der Waals surface area contributed by atoms with Gasteiger partial charge in [-0.15, -0.1) is 0 Å². The molecule has 0 fully saturated rings. The van der Waals surface area contributed by atoms with E-state index in [2.05, 4.69) is 16.2 Å². The molecule has 0 saturated heterocycles. The number of hydrogen-bond donors (Lipinski definition) is 3. The van der Waals surface area contributed by atoms with E-state index in [-0.39, 0.29) is 17.7 Å². The molecule has 0 aliphatic heterocycles. The van der Waals surface area contributed by atoms with Crippen LogP contribution >= 0.6 is 0 Å². The minimum Gasteiger partial charge on any atom is -0.340 e. The lowest BCUT2D eigenvalue weighted by atomic mass is 10.0. The van der Waals surface area contributed by atoms with Crippen LogP contribution < -0.4 is 16.2 Å². The maximum Gasteiger partial charge on any atom is 0.261 e. The van der Waals surface area contributed by atoms with Gasteiger partial charge in [-0.3, -0.25) is 20.4 Å². The molecule has 5 nitrogen and oxygen atoms in total. The highest BCUT2D eigenvalue weighted by Crippen LogP contribution is 2.08. The highest BCUT2D eigenvalue weighted by atomic mass is 16.2. The topological polar surface area (TPSA) is 70.2 Å². The number of hydrazine groups is 1. The van der Waals surface area contributed by atoms with Crippen molar-refractivity contribution >= 4 is 17.5 Å². The first kappa shape index (κ1) is 17.5. The van der Waals surface area contributed by atoms with E-state index in [1.165, 1.54) is 0 Å². The standard InChI is InChI=1S/C19H23N3O2/c1-13(2)17(19(24)22-21-16-7-5-4-6-8-16)20-18(23)15-11-9-14(3)10-12-15/h4-13,17,21H,1-3H3,(H,20,23)(H,22,24). The summed E-state index contributed by atoms with van der Waals surface area (Å²) in [7, 11) is 0. The summed E-state index contributed by atoms with van der Waals surface area (Å²) in [5.41, 5.74) is 7.89. The molecule has 2 aromatic carbocycles. The molecule has 1 unspecified atom stereocenters. The SMILES string of the molecule is Cc1ccc(C(=O)NC(C(=O)NNc2ccccc2)C(C)C)cc1. The van der Waals surface area contributed by atoms with Gasteiger partial charge in [0.25, 0.3) is 11.8 Å². The normalized spacial score (nSPS) is 11.7. The van der Waals surface area contributed by atoms with Gasteiger partial charge in [0.05, 0.1) is 5.69 Å². The number of rotatable bonds is 6. The smallest absolute Gasteiger partial charge is 0.261 e. The monoisotopic (exact) mass is 325 g/mol. The summed E-state index contributed by atoms with van der Waals surface area (Å²) >= 11 is 0. The summed E-state index contributed by atoms with van der Waals surface area (Å²) in [6.07, 6.45) is 0. The average Bonchev–Trinajstić information content (AvgIpc) is 2.58. The van der Waals surface area contributed by atoms with Crippen LogP contribution in [0.3, 0.4) is 0 Å². The number of aryl methyl sites for hydroxylation is 1. The van der Waals surface area contributed by atoms with Gasteiger partial charge >= 0.3 is 0 Å². The van der Waals surface area contributed by atoms with Crippen LogP contribution in [-0.2, 0) is 4.79 Å². The zero-order chi connectivity index (χ0) is 17.5. The number of nitrogens with one attached hydrogen (secondary N) is 3. The van der Waals surface area contributed by atoms with E-state index < -0.39 is 6.04 Å². The second-order valence-electron chi connectivity index (χ2n) is 6.04. The molecule has 0 radical (unpaired) electrons. The largest absolute Gasteiger partial charge is 0.340 e. The van der Waals surface area contributed by atoms with Crippen molar-refractivity contribution in [3.05, 3.63) is 65.7 Å². The van der Waals surface area contributed by atoms with Gasteiger partial charge in [-0.1, -0.05) is 49.7 Å². The maximum atomic E-state index is 12.4. The number of benzene rings is 2. The first-order valence-electron chi connectivity index (χ1n) is 7.96. The third-order valence-corrected chi connectivity index (χ3v) is 3.65. The van der Waals surface area contributed by atoms with Gasteiger partial charge in [0.2, 0.25) is 0 Å². The van der Waals surface area contributed by atoms with Crippen molar-refractivity contribution in [3.63, 3.8) is 0 Å². The number of para-hydroxylation sites is 1. The fraction of sp³-hybridized carbons (Fsp3) is 0.263. The van der Waals surface area contributed by atoms with Crippen LogP contribution in [0.1, 0.15) is 29.8 Å². The van der Waals surface area contributed by atoms with Crippen LogP contribution in [0.2, 0.25) is 0 Å². The van der Waals surface area contributed by atoms with Crippen LogP contribution in [-0.4, -0.2) is 17.9 Å². The lowest BCUT2D eigenvalue weighted by molar-refractivity contribution is -0.123. The van der Waals surface area contributed by atoms with Crippen molar-refractivity contribution in [1.82, 2.24) is 10.7 Å². The molecule has 0 bridgehead atoms. The number of amides is 2. The molecule has 0 spiro atoms. The number of carbonyl (C=O) groups is 2. The summed E-state index contributed by atoms with van der Waals surface area (Å²) in [5, 5.41) is 2.80. The Morgan fingerprint density at radius 2 is 1.54 bits per heavy atom. The zero-order valence-corrected chi connectivity index (χ0v) is 14.2. The Hall–Kier alpha value is -2.82. The second kappa shape index (κ2) is 8.15. The maximum absolute atomic E-state index is 12.4. The lowest BCUT2D eigenvalue weighted by Gasteiger charge is -2.22. The van der Waals surface area contributed by atoms with Gasteiger partial charge in [-0.25, -0.2) is 0 Å². The van der Waals surface area contributed by atoms with Crippen molar-refractivity contribution in [3.8, 4) is 0 Å². The predicted molar refractivity (Wildman–Crippen MR) is 95.5 cm³/mol. The quantitative estimate of drug-likeness (QED) is 0.715. The Bertz CT molecular complexity index is 682. The van der Waals surface area contributed by atoms with Crippen LogP contribution in [0, 0.1) is 12.8 Å². The minimum atomic E-state index is -0.630.